The van der Waals surface area contributed by atoms with Gasteiger partial charge in [-0.2, -0.15) is 0 Å². The van der Waals surface area contributed by atoms with Crippen molar-refractivity contribution >= 4 is 23.9 Å². The molecule has 0 bridgehead atoms. The van der Waals surface area contributed by atoms with Crippen LogP contribution in [0.4, 0.5) is 0 Å². The van der Waals surface area contributed by atoms with Crippen LogP contribution in [0.2, 0.25) is 0 Å². The smallest absolute Gasteiger partial charge is 0.364 e. The van der Waals surface area contributed by atoms with Gasteiger partial charge in [-0.25, -0.2) is 4.79 Å². The number of benzene rings is 1. The van der Waals surface area contributed by atoms with E-state index >= 15 is 0 Å². The van der Waals surface area contributed by atoms with Gasteiger partial charge in [0.15, 0.2) is 11.5 Å². The van der Waals surface area contributed by atoms with Crippen LogP contribution in [0.3, 0.4) is 0 Å². The van der Waals surface area contributed by atoms with Gasteiger partial charge in [0.1, 0.15) is 0 Å². The van der Waals surface area contributed by atoms with Gasteiger partial charge in [-0.05, 0) is 78.0 Å². The van der Waals surface area contributed by atoms with Crippen LogP contribution in [0, 0.1) is 10.8 Å². The zero-order chi connectivity index (χ0) is 29.3. The van der Waals surface area contributed by atoms with E-state index in [2.05, 4.69) is 5.32 Å². The minimum Gasteiger partial charge on any atom is -0.477 e. The molecule has 0 amide bonds. The highest BCUT2D eigenvalue weighted by Gasteiger charge is 2.44. The standard InChI is InChI=1S/C29H45NO8/c1-10-14-23(31)38-29(24(32)33,30-19(5)11-2)18-20-15-16-21(36-25(34)27(6,7)12-3)22(17-20)37-26(35)28(8,9)13-4/h15-17,19,30H,10-14,18H2,1-9H3,(H,32,33)/t19?,29-/m0/s1. The van der Waals surface area contributed by atoms with Crippen LogP contribution in [0.1, 0.15) is 100.0 Å². The molecule has 2 atom stereocenters. The summed E-state index contributed by atoms with van der Waals surface area (Å²) in [6.45, 7) is 16.2. The maximum Gasteiger partial charge on any atom is 0.364 e. The van der Waals surface area contributed by atoms with Gasteiger partial charge in [0.2, 0.25) is 0 Å². The molecule has 1 aromatic carbocycles. The first-order chi connectivity index (χ1) is 17.6. The maximum absolute atomic E-state index is 12.9. The molecule has 2 N–H and O–H groups in total. The van der Waals surface area contributed by atoms with E-state index in [9.17, 15) is 24.3 Å². The molecule has 0 saturated heterocycles. The first kappa shape index (κ1) is 33.1. The average Bonchev–Trinajstić information content (AvgIpc) is 2.85. The van der Waals surface area contributed by atoms with Crippen molar-refractivity contribution in [2.75, 3.05) is 0 Å². The summed E-state index contributed by atoms with van der Waals surface area (Å²) < 4.78 is 16.8. The summed E-state index contributed by atoms with van der Waals surface area (Å²) in [5, 5.41) is 13.1. The van der Waals surface area contributed by atoms with E-state index in [0.29, 0.717) is 31.2 Å². The fourth-order valence-electron chi connectivity index (χ4n) is 3.13. The number of ether oxygens (including phenoxy) is 3. The van der Waals surface area contributed by atoms with Crippen molar-refractivity contribution in [3.63, 3.8) is 0 Å². The lowest BCUT2D eigenvalue weighted by Gasteiger charge is -2.33. The highest BCUT2D eigenvalue weighted by molar-refractivity contribution is 5.83. The summed E-state index contributed by atoms with van der Waals surface area (Å²) in [6.07, 6.45) is 1.95. The monoisotopic (exact) mass is 535 g/mol. The number of esters is 3. The van der Waals surface area contributed by atoms with E-state index in [1.807, 2.05) is 20.8 Å². The SMILES string of the molecule is CCCC(=O)O[C@](Cc1ccc(OC(=O)C(C)(C)CC)c(OC(=O)C(C)(C)CC)c1)(NC(C)CC)C(=O)O. The second-order valence-electron chi connectivity index (χ2n) is 11.0. The van der Waals surface area contributed by atoms with E-state index in [0.717, 1.165) is 0 Å². The fourth-order valence-corrected chi connectivity index (χ4v) is 3.13. The average molecular weight is 536 g/mol. The molecule has 38 heavy (non-hydrogen) atoms. The lowest BCUT2D eigenvalue weighted by atomic mass is 9.90. The van der Waals surface area contributed by atoms with Crippen LogP contribution < -0.4 is 14.8 Å². The van der Waals surface area contributed by atoms with E-state index in [1.165, 1.54) is 12.1 Å². The van der Waals surface area contributed by atoms with Crippen LogP contribution in [0.25, 0.3) is 0 Å². The van der Waals surface area contributed by atoms with Gasteiger partial charge in [0.05, 0.1) is 10.8 Å². The highest BCUT2D eigenvalue weighted by atomic mass is 16.6. The highest BCUT2D eigenvalue weighted by Crippen LogP contribution is 2.35. The van der Waals surface area contributed by atoms with Crippen LogP contribution >= 0.6 is 0 Å². The molecule has 0 heterocycles. The van der Waals surface area contributed by atoms with Gasteiger partial charge in [-0.15, -0.1) is 0 Å². The summed E-state index contributed by atoms with van der Waals surface area (Å²) in [5.41, 5.74) is -3.22. The molecular weight excluding hydrogens is 490 g/mol. The Morgan fingerprint density at radius 3 is 1.87 bits per heavy atom. The molecule has 1 aromatic rings. The van der Waals surface area contributed by atoms with E-state index in [-0.39, 0.29) is 30.4 Å². The molecule has 214 valence electrons. The van der Waals surface area contributed by atoms with Crippen molar-refractivity contribution in [3.05, 3.63) is 23.8 Å². The summed E-state index contributed by atoms with van der Waals surface area (Å²) in [5.74, 6) is -2.99. The molecule has 0 spiro atoms. The minimum absolute atomic E-state index is 0.0167. The summed E-state index contributed by atoms with van der Waals surface area (Å²) in [6, 6.07) is 4.20. The molecule has 9 nitrogen and oxygen atoms in total. The summed E-state index contributed by atoms with van der Waals surface area (Å²) >= 11 is 0. The molecule has 0 aliphatic heterocycles. The molecule has 0 aliphatic carbocycles. The number of carboxylic acids is 1. The van der Waals surface area contributed by atoms with Crippen LogP contribution in [0.5, 0.6) is 11.5 Å². The van der Waals surface area contributed by atoms with Crippen molar-refractivity contribution < 1.29 is 38.5 Å². The third-order valence-corrected chi connectivity index (χ3v) is 6.92. The van der Waals surface area contributed by atoms with Gasteiger partial charge < -0.3 is 19.3 Å². The number of rotatable bonds is 15. The van der Waals surface area contributed by atoms with Crippen LogP contribution in [-0.2, 0) is 30.3 Å². The molecule has 0 aromatic heterocycles. The van der Waals surface area contributed by atoms with Gasteiger partial charge >= 0.3 is 23.9 Å². The van der Waals surface area contributed by atoms with Crippen molar-refractivity contribution in [2.45, 2.75) is 113 Å². The Balaban J connectivity index is 3.59. The lowest BCUT2D eigenvalue weighted by Crippen LogP contribution is -2.59. The molecule has 1 unspecified atom stereocenters. The Labute approximate surface area is 226 Å². The Morgan fingerprint density at radius 2 is 1.42 bits per heavy atom. The molecule has 9 heteroatoms. The van der Waals surface area contributed by atoms with Gasteiger partial charge in [-0.3, -0.25) is 19.7 Å². The zero-order valence-corrected chi connectivity index (χ0v) is 24.4. The molecule has 0 fully saturated rings. The lowest BCUT2D eigenvalue weighted by molar-refractivity contribution is -0.184. The Morgan fingerprint density at radius 1 is 0.895 bits per heavy atom. The van der Waals surface area contributed by atoms with Gasteiger partial charge in [0.25, 0.3) is 5.72 Å². The summed E-state index contributed by atoms with van der Waals surface area (Å²) in [4.78, 5) is 50.6. The summed E-state index contributed by atoms with van der Waals surface area (Å²) in [7, 11) is 0. The van der Waals surface area contributed by atoms with Crippen molar-refractivity contribution in [1.82, 2.24) is 5.32 Å². The number of hydrogen-bond donors (Lipinski definition) is 2. The Kier molecular flexibility index (Phi) is 12.0. The van der Waals surface area contributed by atoms with Crippen LogP contribution in [0.15, 0.2) is 18.2 Å². The molecule has 0 radical (unpaired) electrons. The minimum atomic E-state index is -2.05. The number of hydrogen-bond acceptors (Lipinski definition) is 8. The topological polar surface area (TPSA) is 128 Å². The number of carbonyl (C=O) groups is 4. The molecular formula is C29H45NO8. The zero-order valence-electron chi connectivity index (χ0n) is 24.4. The number of aliphatic carboxylic acids is 1. The second kappa shape index (κ2) is 13.7. The van der Waals surface area contributed by atoms with E-state index < -0.39 is 40.4 Å². The predicted octanol–water partition coefficient (Wildman–Crippen LogP) is 5.42. The van der Waals surface area contributed by atoms with Crippen molar-refractivity contribution in [2.24, 2.45) is 10.8 Å². The fraction of sp³-hybridized carbons (Fsp3) is 0.655. The van der Waals surface area contributed by atoms with Crippen molar-refractivity contribution in [3.8, 4) is 11.5 Å². The second-order valence-corrected chi connectivity index (χ2v) is 11.0. The predicted molar refractivity (Wildman–Crippen MR) is 144 cm³/mol. The quantitative estimate of drug-likeness (QED) is 0.172. The molecule has 0 aliphatic rings. The first-order valence-electron chi connectivity index (χ1n) is 13.4. The third kappa shape index (κ3) is 8.82. The molecule has 0 saturated carbocycles. The Hall–Kier alpha value is -2.94. The van der Waals surface area contributed by atoms with E-state index in [1.54, 1.807) is 47.6 Å². The third-order valence-electron chi connectivity index (χ3n) is 6.92. The van der Waals surface area contributed by atoms with E-state index in [4.69, 9.17) is 14.2 Å². The first-order valence-corrected chi connectivity index (χ1v) is 13.4. The van der Waals surface area contributed by atoms with Gasteiger partial charge in [-0.1, -0.05) is 33.8 Å². The number of carboxylic acid groups (broad SMARTS) is 1. The molecule has 1 rings (SSSR count). The largest absolute Gasteiger partial charge is 0.477 e. The number of carbonyl (C=O) groups excluding carboxylic acids is 3. The van der Waals surface area contributed by atoms with Crippen molar-refractivity contribution in [1.29, 1.82) is 0 Å². The Bertz CT molecular complexity index is 1000. The normalized spacial score (nSPS) is 14.2. The van der Waals surface area contributed by atoms with Crippen LogP contribution in [-0.4, -0.2) is 40.8 Å². The maximum atomic E-state index is 12.9. The number of nitrogens with one attached hydrogen (secondary N) is 1. The van der Waals surface area contributed by atoms with Gasteiger partial charge in [0, 0.05) is 18.9 Å².